The molecular formula is C16H15N7. The van der Waals surface area contributed by atoms with Crippen LogP contribution in [-0.2, 0) is 6.54 Å². The summed E-state index contributed by atoms with van der Waals surface area (Å²) in [6.07, 6.45) is 2.02. The van der Waals surface area contributed by atoms with Crippen molar-refractivity contribution in [1.29, 1.82) is 0 Å². The van der Waals surface area contributed by atoms with Crippen molar-refractivity contribution in [1.82, 2.24) is 29.6 Å². The maximum atomic E-state index is 4.60. The van der Waals surface area contributed by atoms with Gasteiger partial charge in [-0.1, -0.05) is 29.4 Å². The summed E-state index contributed by atoms with van der Waals surface area (Å²) in [5.74, 6) is 0.588. The number of nitrogens with zero attached hydrogens (tertiary/aromatic N) is 6. The Balaban J connectivity index is 1.57. The Morgan fingerprint density at radius 2 is 1.91 bits per heavy atom. The van der Waals surface area contributed by atoms with Crippen molar-refractivity contribution in [2.24, 2.45) is 0 Å². The molecule has 3 heterocycles. The fourth-order valence-electron chi connectivity index (χ4n) is 2.49. The highest BCUT2D eigenvalue weighted by Crippen LogP contribution is 2.13. The predicted molar refractivity (Wildman–Crippen MR) is 86.4 cm³/mol. The molecule has 0 aliphatic heterocycles. The van der Waals surface area contributed by atoms with Gasteiger partial charge in [0.25, 0.3) is 0 Å². The van der Waals surface area contributed by atoms with Crippen molar-refractivity contribution in [3.8, 4) is 5.69 Å². The van der Waals surface area contributed by atoms with E-state index in [4.69, 9.17) is 0 Å². The minimum Gasteiger partial charge on any atom is -0.347 e. The van der Waals surface area contributed by atoms with Crippen molar-refractivity contribution in [2.45, 2.75) is 13.5 Å². The van der Waals surface area contributed by atoms with Crippen LogP contribution in [0.25, 0.3) is 11.3 Å². The largest absolute Gasteiger partial charge is 0.347 e. The monoisotopic (exact) mass is 305 g/mol. The van der Waals surface area contributed by atoms with Crippen LogP contribution in [0.5, 0.6) is 0 Å². The summed E-state index contributed by atoms with van der Waals surface area (Å²) in [5, 5.41) is 15.0. The van der Waals surface area contributed by atoms with Gasteiger partial charge < -0.3 is 9.72 Å². The third kappa shape index (κ3) is 2.52. The zero-order valence-corrected chi connectivity index (χ0v) is 12.6. The smallest absolute Gasteiger partial charge is 0.248 e. The van der Waals surface area contributed by atoms with E-state index < -0.39 is 0 Å². The summed E-state index contributed by atoms with van der Waals surface area (Å²) in [6, 6.07) is 15.8. The quantitative estimate of drug-likeness (QED) is 0.626. The lowest BCUT2D eigenvalue weighted by Gasteiger charge is -2.05. The molecule has 3 aromatic heterocycles. The molecule has 23 heavy (non-hydrogen) atoms. The summed E-state index contributed by atoms with van der Waals surface area (Å²) in [6.45, 7) is 2.61. The summed E-state index contributed by atoms with van der Waals surface area (Å²) in [5.41, 5.74) is 3.92. The van der Waals surface area contributed by atoms with Crippen LogP contribution in [0.3, 0.4) is 0 Å². The number of imidazole rings is 1. The topological polar surface area (TPSA) is 72.9 Å². The maximum absolute atomic E-state index is 4.60. The molecule has 0 spiro atoms. The Bertz CT molecular complexity index is 939. The van der Waals surface area contributed by atoms with Crippen molar-refractivity contribution < 1.29 is 0 Å². The predicted octanol–water partition coefficient (Wildman–Crippen LogP) is 2.23. The first-order chi connectivity index (χ1) is 11.3. The highest BCUT2D eigenvalue weighted by atomic mass is 15.6. The van der Waals surface area contributed by atoms with Crippen molar-refractivity contribution in [2.75, 3.05) is 5.32 Å². The number of anilines is 1. The fourth-order valence-corrected chi connectivity index (χ4v) is 2.49. The zero-order valence-electron chi connectivity index (χ0n) is 12.6. The van der Waals surface area contributed by atoms with Gasteiger partial charge in [-0.05, 0) is 41.6 Å². The lowest BCUT2D eigenvalue weighted by molar-refractivity contribution is 0.789. The first kappa shape index (κ1) is 13.4. The van der Waals surface area contributed by atoms with Crippen LogP contribution in [0.1, 0.15) is 11.4 Å². The van der Waals surface area contributed by atoms with E-state index in [1.54, 1.807) is 4.68 Å². The van der Waals surface area contributed by atoms with Crippen LogP contribution in [0.4, 0.5) is 5.95 Å². The molecule has 4 rings (SSSR count). The van der Waals surface area contributed by atoms with Crippen LogP contribution < -0.4 is 5.32 Å². The third-order valence-electron chi connectivity index (χ3n) is 3.64. The number of hydrogen-bond acceptors (Lipinski definition) is 5. The molecule has 0 unspecified atom stereocenters. The van der Waals surface area contributed by atoms with E-state index in [1.807, 2.05) is 48.7 Å². The van der Waals surface area contributed by atoms with Crippen molar-refractivity contribution in [3.63, 3.8) is 0 Å². The Labute approximate surface area is 132 Å². The molecule has 0 amide bonds. The molecule has 4 aromatic rings. The zero-order chi connectivity index (χ0) is 15.6. The highest BCUT2D eigenvalue weighted by Gasteiger charge is 2.09. The Kier molecular flexibility index (Phi) is 3.23. The van der Waals surface area contributed by atoms with E-state index in [9.17, 15) is 0 Å². The number of tetrazole rings is 1. The van der Waals surface area contributed by atoms with Crippen molar-refractivity contribution >= 4 is 11.6 Å². The Morgan fingerprint density at radius 3 is 2.74 bits per heavy atom. The van der Waals surface area contributed by atoms with Gasteiger partial charge in [0.1, 0.15) is 5.65 Å². The van der Waals surface area contributed by atoms with Gasteiger partial charge in [-0.3, -0.25) is 0 Å². The number of para-hydroxylation sites is 1. The molecule has 0 aliphatic carbocycles. The fraction of sp³-hybridized carbons (Fsp3) is 0.125. The number of fused-ring (bicyclic) bond motifs is 1. The van der Waals surface area contributed by atoms with E-state index in [0.717, 1.165) is 22.7 Å². The first-order valence-electron chi connectivity index (χ1n) is 7.32. The molecule has 1 N–H and O–H groups in total. The number of aromatic nitrogens is 6. The van der Waals surface area contributed by atoms with Gasteiger partial charge >= 0.3 is 0 Å². The lowest BCUT2D eigenvalue weighted by atomic mass is 10.3. The highest BCUT2D eigenvalue weighted by molar-refractivity contribution is 5.43. The molecule has 0 radical (unpaired) electrons. The van der Waals surface area contributed by atoms with Gasteiger partial charge in [-0.2, -0.15) is 4.68 Å². The molecule has 7 heteroatoms. The third-order valence-corrected chi connectivity index (χ3v) is 3.64. The van der Waals surface area contributed by atoms with E-state index in [1.165, 1.54) is 0 Å². The molecule has 0 saturated heterocycles. The Hall–Kier alpha value is -3.22. The second-order valence-corrected chi connectivity index (χ2v) is 5.23. The van der Waals surface area contributed by atoms with E-state index in [2.05, 4.69) is 43.2 Å². The number of aryl methyl sites for hydroxylation is 1. The average molecular weight is 305 g/mol. The number of hydrogen-bond donors (Lipinski definition) is 1. The summed E-state index contributed by atoms with van der Waals surface area (Å²) >= 11 is 0. The molecule has 0 atom stereocenters. The maximum Gasteiger partial charge on any atom is 0.248 e. The normalized spacial score (nSPS) is 11.0. The van der Waals surface area contributed by atoms with Gasteiger partial charge in [0, 0.05) is 11.9 Å². The molecule has 0 bridgehead atoms. The average Bonchev–Trinajstić information content (AvgIpc) is 3.21. The molecule has 0 aliphatic rings. The van der Waals surface area contributed by atoms with Crippen LogP contribution >= 0.6 is 0 Å². The number of nitrogens with one attached hydrogen (secondary N) is 1. The van der Waals surface area contributed by atoms with Gasteiger partial charge in [-0.25, -0.2) is 4.98 Å². The lowest BCUT2D eigenvalue weighted by Crippen LogP contribution is -2.07. The summed E-state index contributed by atoms with van der Waals surface area (Å²) in [7, 11) is 0. The second kappa shape index (κ2) is 5.53. The van der Waals surface area contributed by atoms with Crippen LogP contribution in [-0.4, -0.2) is 29.6 Å². The number of pyridine rings is 1. The number of rotatable bonds is 4. The first-order valence-corrected chi connectivity index (χ1v) is 7.32. The van der Waals surface area contributed by atoms with Gasteiger partial charge in [0.2, 0.25) is 5.95 Å². The molecule has 114 valence electrons. The van der Waals surface area contributed by atoms with Gasteiger partial charge in [0.05, 0.1) is 17.9 Å². The minimum absolute atomic E-state index is 0.550. The van der Waals surface area contributed by atoms with Crippen molar-refractivity contribution in [3.05, 3.63) is 66.1 Å². The van der Waals surface area contributed by atoms with Gasteiger partial charge in [-0.15, -0.1) is 0 Å². The van der Waals surface area contributed by atoms with Gasteiger partial charge in [0.15, 0.2) is 0 Å². The van der Waals surface area contributed by atoms with Crippen LogP contribution in [0, 0.1) is 6.92 Å². The molecule has 7 nitrogen and oxygen atoms in total. The summed E-state index contributed by atoms with van der Waals surface area (Å²) < 4.78 is 3.73. The summed E-state index contributed by atoms with van der Waals surface area (Å²) in [4.78, 5) is 4.60. The molecular weight excluding hydrogens is 290 g/mol. The molecule has 0 fully saturated rings. The standard InChI is InChI=1S/C16H15N7/c1-12-6-5-9-15-18-13(11-22(12)15)10-17-16-19-20-21-23(16)14-7-3-2-4-8-14/h2-9,11H,10H2,1H3,(H,17,19,21). The van der Waals surface area contributed by atoms with Crippen LogP contribution in [0.2, 0.25) is 0 Å². The number of benzene rings is 1. The van der Waals surface area contributed by atoms with E-state index in [-0.39, 0.29) is 0 Å². The minimum atomic E-state index is 0.550. The van der Waals surface area contributed by atoms with Crippen LogP contribution in [0.15, 0.2) is 54.7 Å². The second-order valence-electron chi connectivity index (χ2n) is 5.23. The molecule has 1 aromatic carbocycles. The Morgan fingerprint density at radius 1 is 1.04 bits per heavy atom. The SMILES string of the molecule is Cc1cccc2nc(CNc3nnnn3-c3ccccc3)cn12. The van der Waals surface area contributed by atoms with E-state index in [0.29, 0.717) is 12.5 Å². The van der Waals surface area contributed by atoms with E-state index >= 15 is 0 Å². The molecule has 0 saturated carbocycles.